The first kappa shape index (κ1) is 21.3. The van der Waals surface area contributed by atoms with Crippen LogP contribution in [0.25, 0.3) is 11.0 Å². The molecule has 0 bridgehead atoms. The number of rotatable bonds is 4. The standard InChI is InChI=1S/C19H17ClF4N6O/c20-12-6-26-15-14(12)16(29-9-28-15)30-4-3-18(25,8-30)7-27-17(31)10-1-2-13(21)11(5-10)19(22,23)24/h1-2,5-6,9H,3-4,7-8,25H2,(H,27,31)(H,26,28,29)/t18-/m0/s1. The minimum Gasteiger partial charge on any atom is -0.354 e. The molecule has 4 N–H and O–H groups in total. The molecule has 1 aromatic carbocycles. The van der Waals surface area contributed by atoms with Gasteiger partial charge in [0.25, 0.3) is 5.91 Å². The molecule has 1 atom stereocenters. The quantitative estimate of drug-likeness (QED) is 0.524. The van der Waals surface area contributed by atoms with Crippen LogP contribution in [0.2, 0.25) is 5.02 Å². The van der Waals surface area contributed by atoms with E-state index in [0.717, 1.165) is 6.07 Å². The number of nitrogens with two attached hydrogens (primary N) is 1. The number of aromatic nitrogens is 3. The second kappa shape index (κ2) is 7.65. The normalized spacial score (nSPS) is 19.2. The fourth-order valence-electron chi connectivity index (χ4n) is 3.61. The largest absolute Gasteiger partial charge is 0.419 e. The Labute approximate surface area is 178 Å². The predicted octanol–water partition coefficient (Wildman–Crippen LogP) is 3.11. The van der Waals surface area contributed by atoms with Crippen LogP contribution >= 0.6 is 11.6 Å². The number of amides is 1. The van der Waals surface area contributed by atoms with Gasteiger partial charge in [-0.1, -0.05) is 11.6 Å². The lowest BCUT2D eigenvalue weighted by molar-refractivity contribution is -0.140. The van der Waals surface area contributed by atoms with Crippen LogP contribution in [0, 0.1) is 5.82 Å². The maximum Gasteiger partial charge on any atom is 0.419 e. The van der Waals surface area contributed by atoms with Gasteiger partial charge in [-0.2, -0.15) is 13.2 Å². The van der Waals surface area contributed by atoms with Crippen molar-refractivity contribution in [2.45, 2.75) is 18.1 Å². The number of carbonyl (C=O) groups is 1. The Balaban J connectivity index is 1.46. The highest BCUT2D eigenvalue weighted by Crippen LogP contribution is 2.34. The second-order valence-corrected chi connectivity index (χ2v) is 7.87. The van der Waals surface area contributed by atoms with Gasteiger partial charge in [-0.25, -0.2) is 14.4 Å². The number of fused-ring (bicyclic) bond motifs is 1. The van der Waals surface area contributed by atoms with Crippen LogP contribution in [0.5, 0.6) is 0 Å². The minimum absolute atomic E-state index is 0.0101. The third-order valence-corrected chi connectivity index (χ3v) is 5.52. The summed E-state index contributed by atoms with van der Waals surface area (Å²) in [6.07, 6.45) is -1.40. The average molecular weight is 457 g/mol. The van der Waals surface area contributed by atoms with Crippen molar-refractivity contribution in [2.75, 3.05) is 24.5 Å². The maximum atomic E-state index is 13.4. The zero-order valence-electron chi connectivity index (χ0n) is 15.9. The Morgan fingerprint density at radius 2 is 2.13 bits per heavy atom. The lowest BCUT2D eigenvalue weighted by atomic mass is 10.00. The van der Waals surface area contributed by atoms with Crippen molar-refractivity contribution in [2.24, 2.45) is 5.73 Å². The van der Waals surface area contributed by atoms with Gasteiger partial charge in [-0.15, -0.1) is 0 Å². The highest BCUT2D eigenvalue weighted by atomic mass is 35.5. The van der Waals surface area contributed by atoms with E-state index in [1.807, 2.05) is 4.90 Å². The first-order valence-electron chi connectivity index (χ1n) is 9.24. The number of nitrogens with zero attached hydrogens (tertiary/aromatic N) is 3. The highest BCUT2D eigenvalue weighted by molar-refractivity contribution is 6.36. The first-order chi connectivity index (χ1) is 14.6. The number of anilines is 1. The van der Waals surface area contributed by atoms with Crippen LogP contribution < -0.4 is 16.0 Å². The van der Waals surface area contributed by atoms with Gasteiger partial charge >= 0.3 is 6.18 Å². The molecule has 1 aliphatic heterocycles. The first-order valence-corrected chi connectivity index (χ1v) is 9.61. The van der Waals surface area contributed by atoms with Gasteiger partial charge in [0, 0.05) is 31.4 Å². The summed E-state index contributed by atoms with van der Waals surface area (Å²) in [7, 11) is 0. The monoisotopic (exact) mass is 456 g/mol. The molecule has 0 unspecified atom stereocenters. The summed E-state index contributed by atoms with van der Waals surface area (Å²) in [6, 6.07) is 2.10. The summed E-state index contributed by atoms with van der Waals surface area (Å²) < 4.78 is 52.1. The van der Waals surface area contributed by atoms with Crippen molar-refractivity contribution in [3.63, 3.8) is 0 Å². The van der Waals surface area contributed by atoms with E-state index in [-0.39, 0.29) is 12.1 Å². The average Bonchev–Trinajstić information content (AvgIpc) is 3.29. The Hall–Kier alpha value is -2.92. The molecular formula is C19H17ClF4N6O. The van der Waals surface area contributed by atoms with E-state index in [1.165, 1.54) is 6.33 Å². The highest BCUT2D eigenvalue weighted by Gasteiger charge is 2.37. The van der Waals surface area contributed by atoms with E-state index in [1.54, 1.807) is 6.20 Å². The fourth-order valence-corrected chi connectivity index (χ4v) is 3.84. The number of hydrogen-bond donors (Lipinski definition) is 3. The zero-order chi connectivity index (χ0) is 22.4. The lowest BCUT2D eigenvalue weighted by Gasteiger charge is -2.25. The molecule has 3 aromatic rings. The predicted molar refractivity (Wildman–Crippen MR) is 106 cm³/mol. The number of aromatic amines is 1. The van der Waals surface area contributed by atoms with Crippen LogP contribution in [0.15, 0.2) is 30.7 Å². The van der Waals surface area contributed by atoms with Gasteiger partial charge in [0.15, 0.2) is 0 Å². The molecule has 0 aliphatic carbocycles. The van der Waals surface area contributed by atoms with E-state index in [9.17, 15) is 22.4 Å². The number of halogens is 5. The molecule has 1 saturated heterocycles. The number of carbonyl (C=O) groups excluding carboxylic acids is 1. The lowest BCUT2D eigenvalue weighted by Crippen LogP contribution is -2.52. The summed E-state index contributed by atoms with van der Waals surface area (Å²) in [5.41, 5.74) is 4.35. The van der Waals surface area contributed by atoms with Crippen molar-refractivity contribution >= 4 is 34.4 Å². The molecular weight excluding hydrogens is 440 g/mol. The number of H-pyrrole nitrogens is 1. The molecule has 1 fully saturated rings. The van der Waals surface area contributed by atoms with Crippen molar-refractivity contribution in [3.05, 3.63) is 52.7 Å². The summed E-state index contributed by atoms with van der Waals surface area (Å²) >= 11 is 6.22. The molecule has 164 valence electrons. The molecule has 0 saturated carbocycles. The third kappa shape index (κ3) is 4.15. The molecule has 0 spiro atoms. The number of benzene rings is 1. The molecule has 0 radical (unpaired) electrons. The Bertz CT molecular complexity index is 1150. The Morgan fingerprint density at radius 3 is 2.87 bits per heavy atom. The summed E-state index contributed by atoms with van der Waals surface area (Å²) in [5, 5.41) is 3.67. The van der Waals surface area contributed by atoms with Gasteiger partial charge < -0.3 is 20.9 Å². The van der Waals surface area contributed by atoms with Crippen molar-refractivity contribution < 1.29 is 22.4 Å². The van der Waals surface area contributed by atoms with Crippen molar-refractivity contribution in [1.82, 2.24) is 20.3 Å². The minimum atomic E-state index is -4.90. The summed E-state index contributed by atoms with van der Waals surface area (Å²) in [4.78, 5) is 25.6. The zero-order valence-corrected chi connectivity index (χ0v) is 16.7. The smallest absolute Gasteiger partial charge is 0.354 e. The van der Waals surface area contributed by atoms with Crippen LogP contribution in [-0.4, -0.2) is 46.0 Å². The Kier molecular flexibility index (Phi) is 5.26. The van der Waals surface area contributed by atoms with Crippen LogP contribution in [0.3, 0.4) is 0 Å². The third-order valence-electron chi connectivity index (χ3n) is 5.22. The van der Waals surface area contributed by atoms with E-state index in [2.05, 4.69) is 20.3 Å². The second-order valence-electron chi connectivity index (χ2n) is 7.47. The van der Waals surface area contributed by atoms with E-state index >= 15 is 0 Å². The van der Waals surface area contributed by atoms with Gasteiger partial charge in [-0.05, 0) is 24.6 Å². The number of hydrogen-bond acceptors (Lipinski definition) is 5. The molecule has 12 heteroatoms. The van der Waals surface area contributed by atoms with Gasteiger partial charge in [0.1, 0.15) is 23.6 Å². The molecule has 31 heavy (non-hydrogen) atoms. The molecule has 4 rings (SSSR count). The molecule has 1 amide bonds. The van der Waals surface area contributed by atoms with Crippen LogP contribution in [0.1, 0.15) is 22.3 Å². The van der Waals surface area contributed by atoms with Crippen molar-refractivity contribution in [1.29, 1.82) is 0 Å². The molecule has 3 heterocycles. The number of nitrogens with one attached hydrogen (secondary N) is 2. The topological polar surface area (TPSA) is 99.9 Å². The van der Waals surface area contributed by atoms with E-state index < -0.39 is 29.0 Å². The van der Waals surface area contributed by atoms with Crippen LogP contribution in [-0.2, 0) is 6.18 Å². The Morgan fingerprint density at radius 1 is 1.35 bits per heavy atom. The molecule has 7 nitrogen and oxygen atoms in total. The van der Waals surface area contributed by atoms with E-state index in [4.69, 9.17) is 17.3 Å². The van der Waals surface area contributed by atoms with Gasteiger partial charge in [0.2, 0.25) is 0 Å². The SMILES string of the molecule is N[C@]1(CNC(=O)c2ccc(F)c(C(F)(F)F)c2)CCN(c2ncnc3[nH]cc(Cl)c23)C1. The molecule has 2 aromatic heterocycles. The van der Waals surface area contributed by atoms with E-state index in [0.29, 0.717) is 53.5 Å². The number of alkyl halides is 3. The van der Waals surface area contributed by atoms with Gasteiger partial charge in [-0.3, -0.25) is 4.79 Å². The maximum absolute atomic E-state index is 13.4. The van der Waals surface area contributed by atoms with Crippen molar-refractivity contribution in [3.8, 4) is 0 Å². The van der Waals surface area contributed by atoms with Gasteiger partial charge in [0.05, 0.1) is 21.5 Å². The summed E-state index contributed by atoms with van der Waals surface area (Å²) in [6.45, 7) is 0.878. The fraction of sp³-hybridized carbons (Fsp3) is 0.316. The molecule has 1 aliphatic rings. The van der Waals surface area contributed by atoms with Crippen LogP contribution in [0.4, 0.5) is 23.4 Å². The summed E-state index contributed by atoms with van der Waals surface area (Å²) in [5.74, 6) is -1.61.